The van der Waals surface area contributed by atoms with Crippen LogP contribution in [0.25, 0.3) is 11.0 Å². The van der Waals surface area contributed by atoms with E-state index in [2.05, 4.69) is 25.7 Å². The molecular weight excluding hydrogens is 311 g/mol. The minimum Gasteiger partial charge on any atom is -0.368 e. The van der Waals surface area contributed by atoms with Crippen molar-refractivity contribution in [2.75, 3.05) is 17.2 Å². The van der Waals surface area contributed by atoms with Crippen molar-refractivity contribution >= 4 is 28.4 Å². The van der Waals surface area contributed by atoms with Crippen LogP contribution in [0.5, 0.6) is 0 Å². The number of aryl methyl sites for hydroxylation is 2. The zero-order chi connectivity index (χ0) is 16.5. The second-order valence-electron chi connectivity index (χ2n) is 5.80. The van der Waals surface area contributed by atoms with Crippen LogP contribution in [0.15, 0.2) is 24.4 Å². The van der Waals surface area contributed by atoms with Gasteiger partial charge in [0.15, 0.2) is 0 Å². The predicted octanol–water partition coefficient (Wildman–Crippen LogP) is 2.29. The highest BCUT2D eigenvalue weighted by molar-refractivity contribution is 5.93. The molecule has 0 radical (unpaired) electrons. The van der Waals surface area contributed by atoms with Gasteiger partial charge in [0, 0.05) is 25.9 Å². The number of anilines is 2. The highest BCUT2D eigenvalue weighted by atomic mass is 19.1. The molecule has 7 nitrogen and oxygen atoms in total. The smallest absolute Gasteiger partial charge is 0.224 e. The monoisotopic (exact) mass is 328 g/mol. The van der Waals surface area contributed by atoms with Gasteiger partial charge in [-0.1, -0.05) is 0 Å². The van der Waals surface area contributed by atoms with E-state index in [1.54, 1.807) is 12.3 Å². The number of rotatable bonds is 4. The first-order chi connectivity index (χ1) is 11.7. The van der Waals surface area contributed by atoms with Gasteiger partial charge in [-0.15, -0.1) is 0 Å². The summed E-state index contributed by atoms with van der Waals surface area (Å²) in [5.74, 6) is 1.11. The molecule has 1 aromatic carbocycles. The largest absolute Gasteiger partial charge is 0.368 e. The van der Waals surface area contributed by atoms with Crippen LogP contribution in [0.2, 0.25) is 0 Å². The summed E-state index contributed by atoms with van der Waals surface area (Å²) in [5.41, 5.74) is 2.04. The van der Waals surface area contributed by atoms with Gasteiger partial charge < -0.3 is 15.6 Å². The minimum absolute atomic E-state index is 0.107. The van der Waals surface area contributed by atoms with Crippen molar-refractivity contribution in [2.24, 2.45) is 0 Å². The summed E-state index contributed by atoms with van der Waals surface area (Å²) in [6.45, 7) is 1.73. The van der Waals surface area contributed by atoms with Gasteiger partial charge in [0.05, 0.1) is 17.2 Å². The summed E-state index contributed by atoms with van der Waals surface area (Å²) in [6.07, 6.45) is 3.43. The van der Waals surface area contributed by atoms with E-state index in [9.17, 15) is 9.18 Å². The molecule has 124 valence electrons. The van der Waals surface area contributed by atoms with Crippen molar-refractivity contribution in [3.63, 3.8) is 0 Å². The zero-order valence-electron chi connectivity index (χ0n) is 13.0. The van der Waals surface area contributed by atoms with Crippen LogP contribution in [0.4, 0.5) is 15.9 Å². The molecule has 3 N–H and O–H groups in total. The average Bonchev–Trinajstić information content (AvgIpc) is 3.17. The lowest BCUT2D eigenvalue weighted by Crippen LogP contribution is -2.19. The molecule has 3 heterocycles. The van der Waals surface area contributed by atoms with Crippen LogP contribution in [-0.4, -0.2) is 32.2 Å². The number of hydrogen-bond donors (Lipinski definition) is 3. The van der Waals surface area contributed by atoms with Crippen LogP contribution >= 0.6 is 0 Å². The normalized spacial score (nSPS) is 13.5. The Morgan fingerprint density at radius 1 is 1.42 bits per heavy atom. The van der Waals surface area contributed by atoms with Gasteiger partial charge in [-0.3, -0.25) is 4.79 Å². The lowest BCUT2D eigenvalue weighted by Gasteiger charge is -2.17. The molecule has 1 amide bonds. The number of amides is 1. The number of carbonyl (C=O) groups is 1. The van der Waals surface area contributed by atoms with Gasteiger partial charge in [0.1, 0.15) is 23.1 Å². The fourth-order valence-electron chi connectivity index (χ4n) is 2.87. The lowest BCUT2D eigenvalue weighted by molar-refractivity contribution is -0.116. The number of aromatic amines is 1. The Morgan fingerprint density at radius 3 is 3.25 bits per heavy atom. The number of fused-ring (bicyclic) bond motifs is 2. The summed E-state index contributed by atoms with van der Waals surface area (Å²) >= 11 is 0. The van der Waals surface area contributed by atoms with Gasteiger partial charge in [0.25, 0.3) is 0 Å². The molecule has 0 bridgehead atoms. The maximum Gasteiger partial charge on any atom is 0.224 e. The summed E-state index contributed by atoms with van der Waals surface area (Å²) in [7, 11) is 0. The Kier molecular flexibility index (Phi) is 3.64. The topological polar surface area (TPSA) is 87.6 Å². The Hall–Kier alpha value is -2.90. The van der Waals surface area contributed by atoms with E-state index in [0.717, 1.165) is 25.3 Å². The first-order valence-corrected chi connectivity index (χ1v) is 7.93. The molecule has 0 saturated carbocycles. The van der Waals surface area contributed by atoms with E-state index in [4.69, 9.17) is 0 Å². The Balaban J connectivity index is 1.40. The maximum absolute atomic E-state index is 13.2. The number of hydrogen-bond acceptors (Lipinski definition) is 4. The molecule has 0 atom stereocenters. The molecule has 0 aliphatic carbocycles. The first-order valence-electron chi connectivity index (χ1n) is 7.93. The number of nitrogens with one attached hydrogen (secondary N) is 3. The van der Waals surface area contributed by atoms with Crippen LogP contribution in [0.3, 0.4) is 0 Å². The number of imidazole rings is 1. The fourth-order valence-corrected chi connectivity index (χ4v) is 2.87. The van der Waals surface area contributed by atoms with E-state index in [0.29, 0.717) is 29.0 Å². The molecule has 0 unspecified atom stereocenters. The number of halogens is 1. The van der Waals surface area contributed by atoms with Crippen LogP contribution < -0.4 is 10.6 Å². The van der Waals surface area contributed by atoms with E-state index < -0.39 is 0 Å². The van der Waals surface area contributed by atoms with E-state index >= 15 is 0 Å². The molecule has 8 heteroatoms. The first kappa shape index (κ1) is 14.7. The van der Waals surface area contributed by atoms with Crippen molar-refractivity contribution in [2.45, 2.75) is 25.8 Å². The molecule has 24 heavy (non-hydrogen) atoms. The lowest BCUT2D eigenvalue weighted by atomic mass is 10.2. The zero-order valence-corrected chi connectivity index (χ0v) is 13.0. The molecule has 0 fully saturated rings. The van der Waals surface area contributed by atoms with Gasteiger partial charge in [0.2, 0.25) is 5.91 Å². The molecule has 0 saturated heterocycles. The van der Waals surface area contributed by atoms with E-state index in [1.165, 1.54) is 12.1 Å². The number of benzene rings is 1. The predicted molar refractivity (Wildman–Crippen MR) is 88.3 cm³/mol. The maximum atomic E-state index is 13.2. The van der Waals surface area contributed by atoms with E-state index in [-0.39, 0.29) is 18.1 Å². The SMILES string of the molecule is O=C(CCc1nc2ccc(F)cc2[nH]1)Nc1cnn2c1NCCC2. The third-order valence-corrected chi connectivity index (χ3v) is 4.03. The quantitative estimate of drug-likeness (QED) is 0.686. The molecule has 1 aliphatic heterocycles. The number of aromatic nitrogens is 4. The molecule has 4 rings (SSSR count). The van der Waals surface area contributed by atoms with Gasteiger partial charge in [-0.05, 0) is 24.6 Å². The molecule has 3 aromatic rings. The summed E-state index contributed by atoms with van der Waals surface area (Å²) in [6, 6.07) is 4.39. The van der Waals surface area contributed by atoms with Gasteiger partial charge in [-0.2, -0.15) is 5.10 Å². The second-order valence-corrected chi connectivity index (χ2v) is 5.80. The minimum atomic E-state index is -0.311. The molecule has 1 aliphatic rings. The molecular formula is C16H17FN6O. The van der Waals surface area contributed by atoms with Crippen LogP contribution in [-0.2, 0) is 17.8 Å². The van der Waals surface area contributed by atoms with Crippen molar-refractivity contribution < 1.29 is 9.18 Å². The van der Waals surface area contributed by atoms with Crippen molar-refractivity contribution in [3.8, 4) is 0 Å². The Labute approximate surface area is 137 Å². The Bertz CT molecular complexity index is 899. The van der Waals surface area contributed by atoms with E-state index in [1.807, 2.05) is 4.68 Å². The fraction of sp³-hybridized carbons (Fsp3) is 0.312. The third-order valence-electron chi connectivity index (χ3n) is 4.03. The summed E-state index contributed by atoms with van der Waals surface area (Å²) in [5, 5.41) is 10.4. The molecule has 0 spiro atoms. The summed E-state index contributed by atoms with van der Waals surface area (Å²) in [4.78, 5) is 19.6. The number of carbonyl (C=O) groups excluding carboxylic acids is 1. The molecule has 2 aromatic heterocycles. The van der Waals surface area contributed by atoms with Crippen LogP contribution in [0, 0.1) is 5.82 Å². The second kappa shape index (κ2) is 5.95. The highest BCUT2D eigenvalue weighted by Crippen LogP contribution is 2.24. The van der Waals surface area contributed by atoms with Crippen LogP contribution in [0.1, 0.15) is 18.7 Å². The average molecular weight is 328 g/mol. The van der Waals surface area contributed by atoms with Gasteiger partial charge >= 0.3 is 0 Å². The Morgan fingerprint density at radius 2 is 2.33 bits per heavy atom. The van der Waals surface area contributed by atoms with Crippen molar-refractivity contribution in [3.05, 3.63) is 36.0 Å². The third kappa shape index (κ3) is 2.82. The van der Waals surface area contributed by atoms with Crippen molar-refractivity contribution in [1.29, 1.82) is 0 Å². The number of nitrogens with zero attached hydrogens (tertiary/aromatic N) is 3. The number of H-pyrrole nitrogens is 1. The van der Waals surface area contributed by atoms with Gasteiger partial charge in [-0.25, -0.2) is 14.1 Å². The summed E-state index contributed by atoms with van der Waals surface area (Å²) < 4.78 is 15.0. The van der Waals surface area contributed by atoms with Crippen molar-refractivity contribution in [1.82, 2.24) is 19.7 Å². The standard InChI is InChI=1S/C16H17FN6O/c17-10-2-3-11-12(8-10)21-14(20-11)4-5-15(24)22-13-9-19-23-7-1-6-18-16(13)23/h2-3,8-9,18H,1,4-7H2,(H,20,21)(H,22,24). The highest BCUT2D eigenvalue weighted by Gasteiger charge is 2.16.